The lowest BCUT2D eigenvalue weighted by Crippen LogP contribution is -2.54. The highest BCUT2D eigenvalue weighted by molar-refractivity contribution is 6.23. The second-order valence-corrected chi connectivity index (χ2v) is 9.46. The first-order chi connectivity index (χ1) is 16.4. The first-order valence-corrected chi connectivity index (χ1v) is 12.0. The number of hydrogen-bond donors (Lipinski definition) is 3. The van der Waals surface area contributed by atoms with Crippen LogP contribution in [0.3, 0.4) is 0 Å². The number of nitrogens with zero attached hydrogens (tertiary/aromatic N) is 2. The normalized spacial score (nSPS) is 25.6. The molecule has 0 saturated carbocycles. The second kappa shape index (κ2) is 9.27. The van der Waals surface area contributed by atoms with Crippen molar-refractivity contribution in [1.29, 1.82) is 0 Å². The van der Waals surface area contributed by atoms with Crippen molar-refractivity contribution in [2.24, 2.45) is 0 Å². The van der Waals surface area contributed by atoms with Crippen molar-refractivity contribution < 1.29 is 24.0 Å². The van der Waals surface area contributed by atoms with Gasteiger partial charge in [-0.15, -0.1) is 0 Å². The molecule has 1 aromatic rings. The molecule has 1 aromatic carbocycles. The Morgan fingerprint density at radius 2 is 1.76 bits per heavy atom. The highest BCUT2D eigenvalue weighted by Crippen LogP contribution is 2.28. The van der Waals surface area contributed by atoms with Crippen LogP contribution in [0.25, 0.3) is 0 Å². The summed E-state index contributed by atoms with van der Waals surface area (Å²) in [5.74, 6) is -1.79. The molecule has 0 spiro atoms. The van der Waals surface area contributed by atoms with E-state index in [2.05, 4.69) is 16.0 Å². The maximum atomic E-state index is 13.0. The van der Waals surface area contributed by atoms with E-state index in [0.717, 1.165) is 55.8 Å². The van der Waals surface area contributed by atoms with Gasteiger partial charge in [0.1, 0.15) is 6.04 Å². The minimum atomic E-state index is -0.959. The minimum Gasteiger partial charge on any atom is -0.341 e. The lowest BCUT2D eigenvalue weighted by molar-refractivity contribution is -0.136. The molecule has 5 rings (SSSR count). The van der Waals surface area contributed by atoms with Crippen LogP contribution in [0.4, 0.5) is 0 Å². The molecule has 0 radical (unpaired) electrons. The molecule has 4 aliphatic rings. The number of likely N-dealkylation sites (tertiary alicyclic amines) is 1. The van der Waals surface area contributed by atoms with Crippen molar-refractivity contribution >= 4 is 29.5 Å². The van der Waals surface area contributed by atoms with E-state index in [1.165, 1.54) is 0 Å². The Labute approximate surface area is 197 Å². The first-order valence-electron chi connectivity index (χ1n) is 12.0. The lowest BCUT2D eigenvalue weighted by Gasteiger charge is -2.34. The highest BCUT2D eigenvalue weighted by Gasteiger charge is 2.44. The lowest BCUT2D eigenvalue weighted by atomic mass is 10.0. The molecule has 5 amide bonds. The van der Waals surface area contributed by atoms with Crippen molar-refractivity contribution in [2.75, 3.05) is 19.6 Å². The highest BCUT2D eigenvalue weighted by atomic mass is 16.2. The van der Waals surface area contributed by atoms with E-state index in [1.54, 1.807) is 12.1 Å². The fraction of sp³-hybridized carbons (Fsp3) is 0.542. The zero-order chi connectivity index (χ0) is 23.8. The third-order valence-corrected chi connectivity index (χ3v) is 7.26. The standard InChI is InChI=1S/C24H29N5O5/c30-20-6-5-19(21(31)27-20)29-22(32)16-4-3-14(12-17(16)23(29)33)13-26-15-7-10-28(11-8-15)24(34)18-2-1-9-25-18/h3-4,12,15,18-19,25-26H,1-2,5-11,13H2,(H,27,30,31)/t18-,19?/m0/s1. The minimum absolute atomic E-state index is 0.0316. The molecule has 4 aliphatic heterocycles. The largest absolute Gasteiger partial charge is 0.341 e. The van der Waals surface area contributed by atoms with Gasteiger partial charge in [0.2, 0.25) is 17.7 Å². The van der Waals surface area contributed by atoms with Gasteiger partial charge in [0.05, 0.1) is 17.2 Å². The molecule has 4 heterocycles. The number of imide groups is 2. The van der Waals surface area contributed by atoms with Crippen LogP contribution < -0.4 is 16.0 Å². The summed E-state index contributed by atoms with van der Waals surface area (Å²) in [6.07, 6.45) is 3.93. The van der Waals surface area contributed by atoms with E-state index in [-0.39, 0.29) is 36.4 Å². The number of amides is 5. The predicted molar refractivity (Wildman–Crippen MR) is 121 cm³/mol. The SMILES string of the molecule is O=C1CCC(N2C(=O)c3ccc(CNC4CCN(C(=O)[C@@H]5CCCN5)CC4)cc3C2=O)C(=O)N1. The van der Waals surface area contributed by atoms with Gasteiger partial charge in [-0.05, 0) is 56.3 Å². The summed E-state index contributed by atoms with van der Waals surface area (Å²) < 4.78 is 0. The first kappa shape index (κ1) is 22.7. The van der Waals surface area contributed by atoms with Crippen LogP contribution in [-0.2, 0) is 20.9 Å². The molecule has 0 aromatic heterocycles. The summed E-state index contributed by atoms with van der Waals surface area (Å²) in [7, 11) is 0. The van der Waals surface area contributed by atoms with E-state index < -0.39 is 29.7 Å². The van der Waals surface area contributed by atoms with E-state index in [0.29, 0.717) is 12.1 Å². The monoisotopic (exact) mass is 467 g/mol. The summed E-state index contributed by atoms with van der Waals surface area (Å²) in [6.45, 7) is 2.91. The number of rotatable bonds is 5. The Morgan fingerprint density at radius 1 is 1.00 bits per heavy atom. The van der Waals surface area contributed by atoms with Crippen LogP contribution >= 0.6 is 0 Å². The number of carbonyl (C=O) groups excluding carboxylic acids is 5. The maximum absolute atomic E-state index is 13.0. The molecule has 3 N–H and O–H groups in total. The van der Waals surface area contributed by atoms with Gasteiger partial charge in [-0.2, -0.15) is 0 Å². The quantitative estimate of drug-likeness (QED) is 0.517. The topological polar surface area (TPSA) is 128 Å². The number of hydrogen-bond acceptors (Lipinski definition) is 7. The number of nitrogens with one attached hydrogen (secondary N) is 3. The molecule has 10 heteroatoms. The Balaban J connectivity index is 1.17. The molecule has 34 heavy (non-hydrogen) atoms. The molecular formula is C24H29N5O5. The fourth-order valence-corrected chi connectivity index (χ4v) is 5.31. The Morgan fingerprint density at radius 3 is 2.47 bits per heavy atom. The smallest absolute Gasteiger partial charge is 0.262 e. The molecule has 0 bridgehead atoms. The summed E-state index contributed by atoms with van der Waals surface area (Å²) in [6, 6.07) is 4.43. The third kappa shape index (κ3) is 4.23. The molecule has 10 nitrogen and oxygen atoms in total. The third-order valence-electron chi connectivity index (χ3n) is 7.26. The van der Waals surface area contributed by atoms with Gasteiger partial charge in [-0.1, -0.05) is 6.07 Å². The van der Waals surface area contributed by atoms with Crippen molar-refractivity contribution in [2.45, 2.75) is 63.2 Å². The van der Waals surface area contributed by atoms with Crippen LogP contribution in [0.5, 0.6) is 0 Å². The van der Waals surface area contributed by atoms with E-state index in [9.17, 15) is 24.0 Å². The average Bonchev–Trinajstić information content (AvgIpc) is 3.46. The molecule has 3 fully saturated rings. The van der Waals surface area contributed by atoms with Gasteiger partial charge in [0.15, 0.2) is 0 Å². The zero-order valence-corrected chi connectivity index (χ0v) is 19.0. The average molecular weight is 468 g/mol. The van der Waals surface area contributed by atoms with Gasteiger partial charge in [0, 0.05) is 32.1 Å². The number of fused-ring (bicyclic) bond motifs is 1. The summed E-state index contributed by atoms with van der Waals surface area (Å²) >= 11 is 0. The maximum Gasteiger partial charge on any atom is 0.262 e. The summed E-state index contributed by atoms with van der Waals surface area (Å²) in [4.78, 5) is 64.9. The second-order valence-electron chi connectivity index (χ2n) is 9.46. The van der Waals surface area contributed by atoms with Crippen molar-refractivity contribution in [1.82, 2.24) is 25.8 Å². The summed E-state index contributed by atoms with van der Waals surface area (Å²) in [5.41, 5.74) is 1.45. The fourth-order valence-electron chi connectivity index (χ4n) is 5.31. The van der Waals surface area contributed by atoms with Crippen molar-refractivity contribution in [3.05, 3.63) is 34.9 Å². The molecule has 0 aliphatic carbocycles. The molecule has 180 valence electrons. The Hall–Kier alpha value is -3.11. The van der Waals surface area contributed by atoms with E-state index >= 15 is 0 Å². The van der Waals surface area contributed by atoms with Gasteiger partial charge >= 0.3 is 0 Å². The van der Waals surface area contributed by atoms with Gasteiger partial charge in [-0.25, -0.2) is 0 Å². The van der Waals surface area contributed by atoms with Crippen LogP contribution in [0.2, 0.25) is 0 Å². The van der Waals surface area contributed by atoms with Crippen molar-refractivity contribution in [3.8, 4) is 0 Å². The van der Waals surface area contributed by atoms with Gasteiger partial charge in [-0.3, -0.25) is 34.2 Å². The molecule has 1 unspecified atom stereocenters. The molecule has 3 saturated heterocycles. The number of piperidine rings is 2. The molecular weight excluding hydrogens is 438 g/mol. The van der Waals surface area contributed by atoms with E-state index in [1.807, 2.05) is 11.0 Å². The van der Waals surface area contributed by atoms with Crippen LogP contribution in [0.1, 0.15) is 64.8 Å². The zero-order valence-electron chi connectivity index (χ0n) is 19.0. The summed E-state index contributed by atoms with van der Waals surface area (Å²) in [5, 5.41) is 8.98. The van der Waals surface area contributed by atoms with Gasteiger partial charge in [0.25, 0.3) is 11.8 Å². The molecule has 2 atom stereocenters. The van der Waals surface area contributed by atoms with E-state index in [4.69, 9.17) is 0 Å². The van der Waals surface area contributed by atoms with Crippen LogP contribution in [0.15, 0.2) is 18.2 Å². The number of carbonyl (C=O) groups is 5. The number of benzene rings is 1. The van der Waals surface area contributed by atoms with Gasteiger partial charge < -0.3 is 15.5 Å². The Bertz CT molecular complexity index is 1040. The van der Waals surface area contributed by atoms with Crippen molar-refractivity contribution in [3.63, 3.8) is 0 Å². The van der Waals surface area contributed by atoms with Crippen LogP contribution in [0, 0.1) is 0 Å². The Kier molecular flexibility index (Phi) is 6.18. The predicted octanol–water partition coefficient (Wildman–Crippen LogP) is -0.0796. The van der Waals surface area contributed by atoms with Crippen LogP contribution in [-0.4, -0.2) is 77.1 Å².